The molecule has 24 heavy (non-hydrogen) atoms. The maximum atomic E-state index is 12.4. The standard InChI is InChI=1S/C15H23N3O5S/c1-22-8-12-7-18(24(2,20)21)10-15(12)3-5-17(6-4-15)14(19)13-9-23-11-16-13/h9,11-12H,3-8,10H2,1-2H3. The van der Waals surface area contributed by atoms with Gasteiger partial charge in [-0.1, -0.05) is 0 Å². The molecular weight excluding hydrogens is 334 g/mol. The molecule has 2 aliphatic heterocycles. The molecule has 2 saturated heterocycles. The summed E-state index contributed by atoms with van der Waals surface area (Å²) >= 11 is 0. The number of piperidine rings is 1. The minimum atomic E-state index is -3.22. The van der Waals surface area contributed by atoms with Gasteiger partial charge in [0.15, 0.2) is 12.1 Å². The molecule has 1 amide bonds. The lowest BCUT2D eigenvalue weighted by atomic mass is 9.71. The number of methoxy groups -OCH3 is 1. The number of oxazole rings is 1. The van der Waals surface area contributed by atoms with Gasteiger partial charge in [0.2, 0.25) is 10.0 Å². The topological polar surface area (TPSA) is 93.0 Å². The van der Waals surface area contributed by atoms with Gasteiger partial charge in [0, 0.05) is 39.2 Å². The van der Waals surface area contributed by atoms with Gasteiger partial charge in [-0.15, -0.1) is 0 Å². The number of ether oxygens (including phenoxy) is 1. The van der Waals surface area contributed by atoms with Crippen molar-refractivity contribution in [2.75, 3.05) is 46.2 Å². The van der Waals surface area contributed by atoms with Crippen LogP contribution in [0, 0.1) is 11.3 Å². The van der Waals surface area contributed by atoms with E-state index >= 15 is 0 Å². The van der Waals surface area contributed by atoms with Gasteiger partial charge in [-0.05, 0) is 18.3 Å². The molecule has 2 aliphatic rings. The number of sulfonamides is 1. The van der Waals surface area contributed by atoms with Gasteiger partial charge >= 0.3 is 0 Å². The summed E-state index contributed by atoms with van der Waals surface area (Å²) in [5, 5.41) is 0. The zero-order valence-electron chi connectivity index (χ0n) is 14.0. The Balaban J connectivity index is 1.71. The zero-order valence-corrected chi connectivity index (χ0v) is 14.8. The minimum Gasteiger partial charge on any atom is -0.451 e. The predicted octanol–water partition coefficient (Wildman–Crippen LogP) is 0.435. The van der Waals surface area contributed by atoms with Crippen LogP contribution in [0.15, 0.2) is 17.1 Å². The Morgan fingerprint density at radius 3 is 2.71 bits per heavy atom. The fraction of sp³-hybridized carbons (Fsp3) is 0.733. The van der Waals surface area contributed by atoms with E-state index in [0.717, 1.165) is 12.8 Å². The lowest BCUT2D eigenvalue weighted by molar-refractivity contribution is 0.0324. The van der Waals surface area contributed by atoms with Crippen LogP contribution in [-0.2, 0) is 14.8 Å². The van der Waals surface area contributed by atoms with E-state index in [1.54, 1.807) is 16.3 Å². The van der Waals surface area contributed by atoms with Crippen molar-refractivity contribution in [3.63, 3.8) is 0 Å². The van der Waals surface area contributed by atoms with Gasteiger partial charge in [0.05, 0.1) is 12.9 Å². The van der Waals surface area contributed by atoms with Crippen molar-refractivity contribution >= 4 is 15.9 Å². The predicted molar refractivity (Wildman–Crippen MR) is 85.9 cm³/mol. The first-order valence-electron chi connectivity index (χ1n) is 7.97. The SMILES string of the molecule is COCC1CN(S(C)(=O)=O)CC12CCN(C(=O)c1cocn1)CC2. The van der Waals surface area contributed by atoms with E-state index < -0.39 is 10.0 Å². The van der Waals surface area contributed by atoms with Gasteiger partial charge in [-0.2, -0.15) is 0 Å². The summed E-state index contributed by atoms with van der Waals surface area (Å²) in [6, 6.07) is 0. The van der Waals surface area contributed by atoms with Crippen molar-refractivity contribution in [2.24, 2.45) is 11.3 Å². The average Bonchev–Trinajstić information content (AvgIpc) is 3.17. The first-order chi connectivity index (χ1) is 11.4. The second-order valence-corrected chi connectivity index (χ2v) is 8.72. The highest BCUT2D eigenvalue weighted by molar-refractivity contribution is 7.88. The second-order valence-electron chi connectivity index (χ2n) is 6.74. The minimum absolute atomic E-state index is 0.125. The van der Waals surface area contributed by atoms with E-state index in [2.05, 4.69) is 4.98 Å². The van der Waals surface area contributed by atoms with E-state index in [9.17, 15) is 13.2 Å². The molecule has 2 fully saturated rings. The molecule has 0 radical (unpaired) electrons. The van der Waals surface area contributed by atoms with Gasteiger partial charge in [0.1, 0.15) is 6.26 Å². The van der Waals surface area contributed by atoms with Crippen LogP contribution in [0.1, 0.15) is 23.3 Å². The third-order valence-corrected chi connectivity index (χ3v) is 6.53. The Hall–Kier alpha value is -1.45. The van der Waals surface area contributed by atoms with E-state index in [1.165, 1.54) is 18.9 Å². The number of likely N-dealkylation sites (tertiary alicyclic amines) is 1. The summed E-state index contributed by atoms with van der Waals surface area (Å²) in [5.41, 5.74) is 0.184. The lowest BCUT2D eigenvalue weighted by Crippen LogP contribution is -2.47. The number of rotatable bonds is 4. The van der Waals surface area contributed by atoms with Crippen molar-refractivity contribution in [3.8, 4) is 0 Å². The van der Waals surface area contributed by atoms with E-state index in [1.807, 2.05) is 0 Å². The van der Waals surface area contributed by atoms with Gasteiger partial charge < -0.3 is 14.1 Å². The molecule has 0 N–H and O–H groups in total. The first kappa shape index (κ1) is 17.4. The molecule has 1 atom stereocenters. The molecule has 0 saturated carbocycles. The van der Waals surface area contributed by atoms with Gasteiger partial charge in [0.25, 0.3) is 5.91 Å². The largest absolute Gasteiger partial charge is 0.451 e. The molecule has 9 heteroatoms. The van der Waals surface area contributed by atoms with Crippen LogP contribution >= 0.6 is 0 Å². The van der Waals surface area contributed by atoms with Crippen molar-refractivity contribution < 1.29 is 22.4 Å². The number of carbonyl (C=O) groups excluding carboxylic acids is 1. The normalized spacial score (nSPS) is 24.6. The zero-order chi connectivity index (χ0) is 17.4. The number of aromatic nitrogens is 1. The lowest BCUT2D eigenvalue weighted by Gasteiger charge is -2.42. The number of hydrogen-bond acceptors (Lipinski definition) is 6. The molecule has 8 nitrogen and oxygen atoms in total. The third kappa shape index (κ3) is 3.20. The van der Waals surface area contributed by atoms with E-state index in [4.69, 9.17) is 9.15 Å². The van der Waals surface area contributed by atoms with Crippen molar-refractivity contribution in [2.45, 2.75) is 12.8 Å². The summed E-state index contributed by atoms with van der Waals surface area (Å²) in [7, 11) is -1.58. The van der Waals surface area contributed by atoms with Gasteiger partial charge in [-0.3, -0.25) is 4.79 Å². The second kappa shape index (κ2) is 6.45. The highest BCUT2D eigenvalue weighted by atomic mass is 32.2. The molecule has 1 unspecified atom stereocenters. The monoisotopic (exact) mass is 357 g/mol. The number of carbonyl (C=O) groups is 1. The Labute approximate surface area is 141 Å². The fourth-order valence-corrected chi connectivity index (χ4v) is 4.81. The van der Waals surface area contributed by atoms with E-state index in [0.29, 0.717) is 38.5 Å². The maximum Gasteiger partial charge on any atom is 0.275 e. The molecule has 0 aromatic carbocycles. The molecule has 0 bridgehead atoms. The van der Waals surface area contributed by atoms with E-state index in [-0.39, 0.29) is 17.2 Å². The fourth-order valence-electron chi connectivity index (χ4n) is 3.87. The number of nitrogens with zero attached hydrogens (tertiary/aromatic N) is 3. The van der Waals surface area contributed by atoms with Crippen LogP contribution in [0.2, 0.25) is 0 Å². The van der Waals surface area contributed by atoms with Gasteiger partial charge in [-0.25, -0.2) is 17.7 Å². The molecule has 3 rings (SSSR count). The first-order valence-corrected chi connectivity index (χ1v) is 9.82. The maximum absolute atomic E-state index is 12.4. The molecule has 1 spiro atoms. The van der Waals surface area contributed by atoms with Crippen LogP contribution < -0.4 is 0 Å². The summed E-state index contributed by atoms with van der Waals surface area (Å²) < 4.78 is 35.6. The Morgan fingerprint density at radius 1 is 1.46 bits per heavy atom. The van der Waals surface area contributed by atoms with Crippen molar-refractivity contribution in [1.82, 2.24) is 14.2 Å². The van der Waals surface area contributed by atoms with Crippen molar-refractivity contribution in [3.05, 3.63) is 18.4 Å². The summed E-state index contributed by atoms with van der Waals surface area (Å²) in [4.78, 5) is 18.0. The Bertz CT molecular complexity index is 680. The van der Waals surface area contributed by atoms with Crippen molar-refractivity contribution in [1.29, 1.82) is 0 Å². The summed E-state index contributed by atoms with van der Waals surface area (Å²) in [6.07, 6.45) is 5.36. The van der Waals surface area contributed by atoms with Crippen LogP contribution in [0.5, 0.6) is 0 Å². The van der Waals surface area contributed by atoms with Crippen LogP contribution in [0.3, 0.4) is 0 Å². The summed E-state index contributed by atoms with van der Waals surface area (Å²) in [5.74, 6) is 0.0152. The Kier molecular flexibility index (Phi) is 4.67. The highest BCUT2D eigenvalue weighted by Gasteiger charge is 2.50. The molecule has 3 heterocycles. The molecule has 0 aliphatic carbocycles. The Morgan fingerprint density at radius 2 is 2.17 bits per heavy atom. The molecule has 134 valence electrons. The summed E-state index contributed by atoms with van der Waals surface area (Å²) in [6.45, 7) is 2.70. The number of hydrogen-bond donors (Lipinski definition) is 0. The quantitative estimate of drug-likeness (QED) is 0.776. The molecule has 1 aromatic heterocycles. The molecule has 1 aromatic rings. The van der Waals surface area contributed by atoms with Crippen LogP contribution in [-0.4, -0.2) is 74.7 Å². The van der Waals surface area contributed by atoms with Crippen LogP contribution in [0.4, 0.5) is 0 Å². The molecular formula is C15H23N3O5S. The number of amides is 1. The average molecular weight is 357 g/mol. The smallest absolute Gasteiger partial charge is 0.275 e. The third-order valence-electron chi connectivity index (χ3n) is 5.32. The highest BCUT2D eigenvalue weighted by Crippen LogP contribution is 2.45. The van der Waals surface area contributed by atoms with Crippen LogP contribution in [0.25, 0.3) is 0 Å².